The van der Waals surface area contributed by atoms with E-state index in [1.165, 1.54) is 5.56 Å². The fraction of sp³-hybridized carbons (Fsp3) is 0.538. The summed E-state index contributed by atoms with van der Waals surface area (Å²) >= 11 is 0. The van der Waals surface area contributed by atoms with E-state index in [-0.39, 0.29) is 11.0 Å². The minimum absolute atomic E-state index is 0.00829. The molecule has 0 radical (unpaired) electrons. The predicted octanol–water partition coefficient (Wildman–Crippen LogP) is 2.70. The van der Waals surface area contributed by atoms with E-state index >= 15 is 0 Å². The molecule has 0 bridgehead atoms. The average Bonchev–Trinajstić information content (AvgIpc) is 2.78. The molecule has 2 N–H and O–H groups in total. The van der Waals surface area contributed by atoms with Crippen molar-refractivity contribution in [3.63, 3.8) is 0 Å². The van der Waals surface area contributed by atoms with Crippen molar-refractivity contribution in [3.05, 3.63) is 35.9 Å². The van der Waals surface area contributed by atoms with Gasteiger partial charge in [0, 0.05) is 11.0 Å². The second-order valence-electron chi connectivity index (χ2n) is 5.14. The van der Waals surface area contributed by atoms with Crippen molar-refractivity contribution >= 4 is 0 Å². The van der Waals surface area contributed by atoms with E-state index in [1.54, 1.807) is 0 Å². The summed E-state index contributed by atoms with van der Waals surface area (Å²) in [4.78, 5) is 0. The van der Waals surface area contributed by atoms with E-state index in [0.717, 1.165) is 6.42 Å². The van der Waals surface area contributed by atoms with Crippen LogP contribution in [-0.4, -0.2) is 5.54 Å². The highest BCUT2D eigenvalue weighted by molar-refractivity contribution is 5.33. The van der Waals surface area contributed by atoms with Crippen LogP contribution in [-0.2, 0) is 5.41 Å². The Labute approximate surface area is 86.3 Å². The van der Waals surface area contributed by atoms with Gasteiger partial charge in [0.2, 0.25) is 0 Å². The Morgan fingerprint density at radius 2 is 1.79 bits per heavy atom. The molecule has 0 spiro atoms. The van der Waals surface area contributed by atoms with Gasteiger partial charge in [0.05, 0.1) is 0 Å². The average molecular weight is 189 g/mol. The molecule has 0 aliphatic heterocycles. The van der Waals surface area contributed by atoms with Crippen molar-refractivity contribution in [1.29, 1.82) is 0 Å². The van der Waals surface area contributed by atoms with Gasteiger partial charge in [0.15, 0.2) is 0 Å². The maximum atomic E-state index is 6.40. The zero-order chi connectivity index (χ0) is 10.4. The van der Waals surface area contributed by atoms with E-state index in [9.17, 15) is 0 Å². The molecule has 1 heteroatoms. The van der Waals surface area contributed by atoms with Gasteiger partial charge in [-0.3, -0.25) is 0 Å². The normalized spacial score (nSPS) is 31.6. The summed E-state index contributed by atoms with van der Waals surface area (Å²) in [6.07, 6.45) is 1.15. The van der Waals surface area contributed by atoms with E-state index < -0.39 is 0 Å². The fourth-order valence-electron chi connectivity index (χ4n) is 2.44. The van der Waals surface area contributed by atoms with Gasteiger partial charge in [-0.15, -0.1) is 0 Å². The first-order valence-electron chi connectivity index (χ1n) is 5.33. The van der Waals surface area contributed by atoms with Gasteiger partial charge >= 0.3 is 0 Å². The number of rotatable bonds is 2. The fourth-order valence-corrected chi connectivity index (χ4v) is 2.44. The zero-order valence-electron chi connectivity index (χ0n) is 9.25. The molecular formula is C13H19N. The van der Waals surface area contributed by atoms with Crippen LogP contribution in [0.2, 0.25) is 0 Å². The Kier molecular flexibility index (Phi) is 1.97. The van der Waals surface area contributed by atoms with Crippen LogP contribution in [0.4, 0.5) is 0 Å². The monoisotopic (exact) mass is 189 g/mol. The SMILES string of the molecule is CC1CC1(N)C(C)(C)c1ccccc1. The lowest BCUT2D eigenvalue weighted by atomic mass is 9.75. The molecule has 1 aliphatic rings. The third kappa shape index (κ3) is 1.19. The summed E-state index contributed by atoms with van der Waals surface area (Å²) in [6, 6.07) is 10.6. The Bertz CT molecular complexity index is 328. The molecule has 76 valence electrons. The van der Waals surface area contributed by atoms with Crippen LogP contribution < -0.4 is 5.73 Å². The van der Waals surface area contributed by atoms with Crippen LogP contribution in [0.25, 0.3) is 0 Å². The van der Waals surface area contributed by atoms with Crippen LogP contribution in [0.1, 0.15) is 32.8 Å². The smallest absolute Gasteiger partial charge is 0.0276 e. The molecule has 0 heterocycles. The van der Waals surface area contributed by atoms with E-state index in [0.29, 0.717) is 5.92 Å². The van der Waals surface area contributed by atoms with Crippen molar-refractivity contribution in [1.82, 2.24) is 0 Å². The van der Waals surface area contributed by atoms with Crippen molar-refractivity contribution in [2.24, 2.45) is 11.7 Å². The molecule has 14 heavy (non-hydrogen) atoms. The molecule has 0 saturated heterocycles. The van der Waals surface area contributed by atoms with Gasteiger partial charge in [0.1, 0.15) is 0 Å². The lowest BCUT2D eigenvalue weighted by Gasteiger charge is -2.33. The molecule has 1 fully saturated rings. The Morgan fingerprint density at radius 1 is 1.29 bits per heavy atom. The van der Waals surface area contributed by atoms with Crippen LogP contribution in [0.15, 0.2) is 30.3 Å². The first-order chi connectivity index (χ1) is 6.48. The van der Waals surface area contributed by atoms with Gasteiger partial charge < -0.3 is 5.73 Å². The largest absolute Gasteiger partial charge is 0.324 e. The minimum atomic E-state index is 0.00829. The first kappa shape index (κ1) is 9.72. The maximum Gasteiger partial charge on any atom is 0.0276 e. The summed E-state index contributed by atoms with van der Waals surface area (Å²) in [5.74, 6) is 0.651. The zero-order valence-corrected chi connectivity index (χ0v) is 9.25. The molecule has 0 amide bonds. The van der Waals surface area contributed by atoms with Gasteiger partial charge in [-0.2, -0.15) is 0 Å². The van der Waals surface area contributed by atoms with Crippen LogP contribution in [0.3, 0.4) is 0 Å². The molecule has 2 unspecified atom stereocenters. The summed E-state index contributed by atoms with van der Waals surface area (Å²) in [5.41, 5.74) is 7.85. The van der Waals surface area contributed by atoms with Crippen LogP contribution >= 0.6 is 0 Å². The molecule has 1 nitrogen and oxygen atoms in total. The standard InChI is InChI=1S/C13H19N/c1-10-9-13(10,14)12(2,3)11-7-5-4-6-8-11/h4-8,10H,9,14H2,1-3H3. The van der Waals surface area contributed by atoms with E-state index in [1.807, 2.05) is 0 Å². The van der Waals surface area contributed by atoms with Gasteiger partial charge in [-0.05, 0) is 17.9 Å². The number of hydrogen-bond acceptors (Lipinski definition) is 1. The number of benzene rings is 1. The molecular weight excluding hydrogens is 170 g/mol. The van der Waals surface area contributed by atoms with E-state index in [2.05, 4.69) is 51.1 Å². The third-order valence-electron chi connectivity index (χ3n) is 4.02. The Hall–Kier alpha value is -0.820. The summed E-state index contributed by atoms with van der Waals surface area (Å²) in [5, 5.41) is 0. The highest BCUT2D eigenvalue weighted by atomic mass is 14.9. The minimum Gasteiger partial charge on any atom is -0.324 e. The lowest BCUT2D eigenvalue weighted by Crippen LogP contribution is -2.44. The molecule has 2 atom stereocenters. The van der Waals surface area contributed by atoms with Crippen molar-refractivity contribution < 1.29 is 0 Å². The predicted molar refractivity (Wildman–Crippen MR) is 60.2 cm³/mol. The van der Waals surface area contributed by atoms with Gasteiger partial charge in [-0.25, -0.2) is 0 Å². The highest BCUT2D eigenvalue weighted by Crippen LogP contribution is 2.53. The number of hydrogen-bond donors (Lipinski definition) is 1. The van der Waals surface area contributed by atoms with Crippen LogP contribution in [0, 0.1) is 5.92 Å². The molecule has 1 saturated carbocycles. The van der Waals surface area contributed by atoms with E-state index in [4.69, 9.17) is 5.73 Å². The topological polar surface area (TPSA) is 26.0 Å². The van der Waals surface area contributed by atoms with Crippen molar-refractivity contribution in [2.75, 3.05) is 0 Å². The molecule has 1 aromatic rings. The summed E-state index contributed by atoms with van der Waals surface area (Å²) in [6.45, 7) is 6.75. The molecule has 0 aromatic heterocycles. The quantitative estimate of drug-likeness (QED) is 0.760. The molecule has 1 aliphatic carbocycles. The van der Waals surface area contributed by atoms with Crippen LogP contribution in [0.5, 0.6) is 0 Å². The Morgan fingerprint density at radius 3 is 2.21 bits per heavy atom. The van der Waals surface area contributed by atoms with Gasteiger partial charge in [-0.1, -0.05) is 51.1 Å². The number of nitrogens with two attached hydrogens (primary N) is 1. The third-order valence-corrected chi connectivity index (χ3v) is 4.02. The summed E-state index contributed by atoms with van der Waals surface area (Å²) < 4.78 is 0. The second kappa shape index (κ2) is 2.83. The van der Waals surface area contributed by atoms with Gasteiger partial charge in [0.25, 0.3) is 0 Å². The highest BCUT2D eigenvalue weighted by Gasteiger charge is 2.58. The summed E-state index contributed by atoms with van der Waals surface area (Å²) in [7, 11) is 0. The Balaban J connectivity index is 2.34. The maximum absolute atomic E-state index is 6.40. The first-order valence-corrected chi connectivity index (χ1v) is 5.33. The second-order valence-corrected chi connectivity index (χ2v) is 5.14. The van der Waals surface area contributed by atoms with Crippen molar-refractivity contribution in [2.45, 2.75) is 38.1 Å². The lowest BCUT2D eigenvalue weighted by molar-refractivity contribution is 0.369. The van der Waals surface area contributed by atoms with Crippen molar-refractivity contribution in [3.8, 4) is 0 Å². The molecule has 1 aromatic carbocycles. The molecule has 2 rings (SSSR count).